The number of hydrogen-bond acceptors (Lipinski definition) is 3. The number of nitrogens with zero attached hydrogens (tertiary/aromatic N) is 1. The molecule has 0 saturated carbocycles. The second kappa shape index (κ2) is 6.39. The van der Waals surface area contributed by atoms with E-state index in [1.807, 2.05) is 0 Å². The Labute approximate surface area is 122 Å². The fourth-order valence-corrected chi connectivity index (χ4v) is 2.76. The van der Waals surface area contributed by atoms with E-state index in [9.17, 15) is 4.79 Å². The third-order valence-electron chi connectivity index (χ3n) is 3.11. The van der Waals surface area contributed by atoms with E-state index in [4.69, 9.17) is 0 Å². The van der Waals surface area contributed by atoms with Gasteiger partial charge in [0.1, 0.15) is 0 Å². The van der Waals surface area contributed by atoms with Gasteiger partial charge in [-0.05, 0) is 33.6 Å². The lowest BCUT2D eigenvalue weighted by atomic mass is 10.1. The number of halogens is 1. The summed E-state index contributed by atoms with van der Waals surface area (Å²) in [6, 6.07) is 6.79. The Bertz CT molecular complexity index is 462. The average molecular weight is 326 g/mol. The number of piperazine rings is 1. The van der Waals surface area contributed by atoms with Crippen LogP contribution in [-0.2, 0) is 11.3 Å². The monoisotopic (exact) mass is 325 g/mol. The van der Waals surface area contributed by atoms with Crippen molar-refractivity contribution >= 4 is 27.5 Å². The molecule has 1 fully saturated rings. The van der Waals surface area contributed by atoms with Crippen molar-refractivity contribution in [2.75, 3.05) is 24.5 Å². The highest BCUT2D eigenvalue weighted by molar-refractivity contribution is 9.10. The quantitative estimate of drug-likeness (QED) is 0.888. The molecule has 0 unspecified atom stereocenters. The molecule has 0 radical (unpaired) electrons. The summed E-state index contributed by atoms with van der Waals surface area (Å²) in [5, 5.41) is 6.24. The maximum atomic E-state index is 11.4. The molecule has 1 aromatic carbocycles. The molecule has 5 heteroatoms. The highest BCUT2D eigenvalue weighted by atomic mass is 79.9. The van der Waals surface area contributed by atoms with Crippen molar-refractivity contribution in [1.82, 2.24) is 10.6 Å². The minimum atomic E-state index is 0.0868. The molecule has 1 heterocycles. The van der Waals surface area contributed by atoms with E-state index >= 15 is 0 Å². The van der Waals surface area contributed by atoms with Crippen molar-refractivity contribution in [3.05, 3.63) is 28.2 Å². The molecule has 19 heavy (non-hydrogen) atoms. The molecule has 104 valence electrons. The van der Waals surface area contributed by atoms with Crippen LogP contribution in [0.5, 0.6) is 0 Å². The zero-order chi connectivity index (χ0) is 13.8. The van der Waals surface area contributed by atoms with E-state index in [1.54, 1.807) is 0 Å². The average Bonchev–Trinajstić information content (AvgIpc) is 2.36. The molecule has 1 aliphatic heterocycles. The summed E-state index contributed by atoms with van der Waals surface area (Å²) in [4.78, 5) is 13.5. The first-order valence-corrected chi connectivity index (χ1v) is 7.39. The van der Waals surface area contributed by atoms with Gasteiger partial charge in [-0.15, -0.1) is 0 Å². The van der Waals surface area contributed by atoms with Crippen molar-refractivity contribution in [3.63, 3.8) is 0 Å². The summed E-state index contributed by atoms with van der Waals surface area (Å²) in [7, 11) is 0. The van der Waals surface area contributed by atoms with Crippen molar-refractivity contribution in [3.8, 4) is 0 Å². The van der Waals surface area contributed by atoms with Gasteiger partial charge in [-0.3, -0.25) is 4.79 Å². The molecule has 0 aliphatic carbocycles. The lowest BCUT2D eigenvalue weighted by molar-refractivity contribution is -0.120. The second-order valence-electron chi connectivity index (χ2n) is 5.09. The predicted molar refractivity (Wildman–Crippen MR) is 81.3 cm³/mol. The molecule has 1 saturated heterocycles. The molecule has 0 atom stereocenters. The summed E-state index contributed by atoms with van der Waals surface area (Å²) in [5.41, 5.74) is 2.33. The van der Waals surface area contributed by atoms with E-state index in [0.717, 1.165) is 23.2 Å². The van der Waals surface area contributed by atoms with Crippen molar-refractivity contribution in [2.24, 2.45) is 0 Å². The second-order valence-corrected chi connectivity index (χ2v) is 5.95. The summed E-state index contributed by atoms with van der Waals surface area (Å²) in [5.74, 6) is 0.0868. The van der Waals surface area contributed by atoms with Crippen LogP contribution < -0.4 is 15.5 Å². The first kappa shape index (κ1) is 14.3. The SMILES string of the molecule is CC(C)NCc1ccc(N2CCNC(=O)C2)c(Br)c1. The zero-order valence-corrected chi connectivity index (χ0v) is 13.0. The number of nitrogens with one attached hydrogen (secondary N) is 2. The number of hydrogen-bond donors (Lipinski definition) is 2. The van der Waals surface area contributed by atoms with Crippen molar-refractivity contribution in [1.29, 1.82) is 0 Å². The Morgan fingerprint density at radius 1 is 1.47 bits per heavy atom. The van der Waals surface area contributed by atoms with E-state index in [-0.39, 0.29) is 5.91 Å². The number of rotatable bonds is 4. The lowest BCUT2D eigenvalue weighted by Crippen LogP contribution is -2.47. The van der Waals surface area contributed by atoms with Crippen molar-refractivity contribution < 1.29 is 4.79 Å². The van der Waals surface area contributed by atoms with Gasteiger partial charge < -0.3 is 15.5 Å². The van der Waals surface area contributed by atoms with E-state index in [2.05, 4.69) is 63.5 Å². The van der Waals surface area contributed by atoms with E-state index < -0.39 is 0 Å². The Morgan fingerprint density at radius 2 is 2.26 bits per heavy atom. The number of amides is 1. The molecular weight excluding hydrogens is 306 g/mol. The largest absolute Gasteiger partial charge is 0.360 e. The summed E-state index contributed by atoms with van der Waals surface area (Å²) < 4.78 is 1.05. The molecule has 2 N–H and O–H groups in total. The van der Waals surface area contributed by atoms with Crippen LogP contribution in [0.1, 0.15) is 19.4 Å². The van der Waals surface area contributed by atoms with Gasteiger partial charge in [-0.25, -0.2) is 0 Å². The van der Waals surface area contributed by atoms with Gasteiger partial charge >= 0.3 is 0 Å². The van der Waals surface area contributed by atoms with Crippen LogP contribution in [0.3, 0.4) is 0 Å². The first-order chi connectivity index (χ1) is 9.06. The molecule has 4 nitrogen and oxygen atoms in total. The van der Waals surface area contributed by atoms with Gasteiger partial charge in [0.05, 0.1) is 12.2 Å². The summed E-state index contributed by atoms with van der Waals surface area (Å²) >= 11 is 3.61. The number of carbonyl (C=O) groups excluding carboxylic acids is 1. The maximum Gasteiger partial charge on any atom is 0.239 e. The van der Waals surface area contributed by atoms with Gasteiger partial charge in [0.15, 0.2) is 0 Å². The highest BCUT2D eigenvalue weighted by Gasteiger charge is 2.18. The number of benzene rings is 1. The third-order valence-corrected chi connectivity index (χ3v) is 3.74. The highest BCUT2D eigenvalue weighted by Crippen LogP contribution is 2.27. The summed E-state index contributed by atoms with van der Waals surface area (Å²) in [6.45, 7) is 7.13. The minimum absolute atomic E-state index is 0.0868. The number of anilines is 1. The van der Waals surface area contributed by atoms with Crippen LogP contribution in [0.2, 0.25) is 0 Å². The zero-order valence-electron chi connectivity index (χ0n) is 11.4. The normalized spacial score (nSPS) is 15.8. The topological polar surface area (TPSA) is 44.4 Å². The van der Waals surface area contributed by atoms with Gasteiger partial charge in [0.25, 0.3) is 0 Å². The Balaban J connectivity index is 2.08. The van der Waals surface area contributed by atoms with Crippen LogP contribution in [0.25, 0.3) is 0 Å². The van der Waals surface area contributed by atoms with Crippen LogP contribution in [0.4, 0.5) is 5.69 Å². The predicted octanol–water partition coefficient (Wildman–Crippen LogP) is 1.88. The van der Waals surface area contributed by atoms with Gasteiger partial charge in [-0.1, -0.05) is 19.9 Å². The Kier molecular flexibility index (Phi) is 4.82. The molecule has 2 rings (SSSR count). The van der Waals surface area contributed by atoms with Gasteiger partial charge in [0.2, 0.25) is 5.91 Å². The fourth-order valence-electron chi connectivity index (χ4n) is 2.08. The molecule has 1 aliphatic rings. The molecule has 1 aromatic rings. The Hall–Kier alpha value is -1.07. The third kappa shape index (κ3) is 3.94. The first-order valence-electron chi connectivity index (χ1n) is 6.59. The molecule has 0 aromatic heterocycles. The van der Waals surface area contributed by atoms with E-state index in [0.29, 0.717) is 19.1 Å². The molecule has 0 bridgehead atoms. The minimum Gasteiger partial charge on any atom is -0.360 e. The van der Waals surface area contributed by atoms with Crippen LogP contribution in [0.15, 0.2) is 22.7 Å². The lowest BCUT2D eigenvalue weighted by Gasteiger charge is -2.29. The van der Waals surface area contributed by atoms with Crippen molar-refractivity contribution in [2.45, 2.75) is 26.4 Å². The summed E-state index contributed by atoms with van der Waals surface area (Å²) in [6.07, 6.45) is 0. The van der Waals surface area contributed by atoms with Crippen LogP contribution in [-0.4, -0.2) is 31.6 Å². The van der Waals surface area contributed by atoms with Crippen LogP contribution >= 0.6 is 15.9 Å². The standard InChI is InChI=1S/C14H20BrN3O/c1-10(2)17-8-11-3-4-13(12(15)7-11)18-6-5-16-14(19)9-18/h3-4,7,10,17H,5-6,8-9H2,1-2H3,(H,16,19). The smallest absolute Gasteiger partial charge is 0.239 e. The molecular formula is C14H20BrN3O. The fraction of sp³-hybridized carbons (Fsp3) is 0.500. The van der Waals surface area contributed by atoms with Gasteiger partial charge in [-0.2, -0.15) is 0 Å². The van der Waals surface area contributed by atoms with E-state index in [1.165, 1.54) is 5.56 Å². The number of carbonyl (C=O) groups is 1. The molecule has 1 amide bonds. The van der Waals surface area contributed by atoms with Crippen LogP contribution in [0, 0.1) is 0 Å². The molecule has 0 spiro atoms. The van der Waals surface area contributed by atoms with Gasteiger partial charge in [0, 0.05) is 30.1 Å². The maximum absolute atomic E-state index is 11.4. The Morgan fingerprint density at radius 3 is 2.89 bits per heavy atom.